The molecule has 3 atom stereocenters. The lowest BCUT2D eigenvalue weighted by atomic mass is 9.57. The van der Waals surface area contributed by atoms with Crippen molar-refractivity contribution in [2.45, 2.75) is 46.5 Å². The summed E-state index contributed by atoms with van der Waals surface area (Å²) in [4.78, 5) is 12.0. The summed E-state index contributed by atoms with van der Waals surface area (Å²) >= 11 is 0. The van der Waals surface area contributed by atoms with Crippen molar-refractivity contribution in [2.24, 2.45) is 17.3 Å². The molecule has 0 aliphatic heterocycles. The van der Waals surface area contributed by atoms with Gasteiger partial charge in [-0.25, -0.2) is 0 Å². The average Bonchev–Trinajstić information content (AvgIpc) is 2.23. The predicted molar refractivity (Wildman–Crippen MR) is 67.1 cm³/mol. The number of hydrogen-bond donors (Lipinski definition) is 0. The SMILES string of the molecule is C=C(C)[C@@H]1CC=C2C(=O)CC[C@H](C)[C@@]2(C)C1. The van der Waals surface area contributed by atoms with Gasteiger partial charge in [0.2, 0.25) is 0 Å². The van der Waals surface area contributed by atoms with Gasteiger partial charge in [-0.1, -0.05) is 32.1 Å². The van der Waals surface area contributed by atoms with Gasteiger partial charge in [-0.15, -0.1) is 0 Å². The summed E-state index contributed by atoms with van der Waals surface area (Å²) in [5.41, 5.74) is 2.49. The van der Waals surface area contributed by atoms with Gasteiger partial charge in [0.25, 0.3) is 0 Å². The molecule has 1 saturated carbocycles. The first-order valence-corrected chi connectivity index (χ1v) is 6.34. The van der Waals surface area contributed by atoms with Crippen LogP contribution < -0.4 is 0 Å². The van der Waals surface area contributed by atoms with E-state index < -0.39 is 0 Å². The van der Waals surface area contributed by atoms with Crippen LogP contribution in [-0.4, -0.2) is 5.78 Å². The third kappa shape index (κ3) is 1.66. The lowest BCUT2D eigenvalue weighted by Gasteiger charge is -2.46. The van der Waals surface area contributed by atoms with Crippen LogP contribution in [0.3, 0.4) is 0 Å². The number of hydrogen-bond acceptors (Lipinski definition) is 1. The summed E-state index contributed by atoms with van der Waals surface area (Å²) in [5, 5.41) is 0. The molecule has 1 heteroatoms. The Hall–Kier alpha value is -0.850. The second-order valence-corrected chi connectivity index (χ2v) is 5.88. The van der Waals surface area contributed by atoms with Gasteiger partial charge in [0, 0.05) is 6.42 Å². The van der Waals surface area contributed by atoms with Gasteiger partial charge in [-0.05, 0) is 49.0 Å². The van der Waals surface area contributed by atoms with Crippen molar-refractivity contribution in [1.82, 2.24) is 0 Å². The van der Waals surface area contributed by atoms with Crippen molar-refractivity contribution >= 4 is 5.78 Å². The topological polar surface area (TPSA) is 17.1 Å². The maximum atomic E-state index is 12.0. The fraction of sp³-hybridized carbons (Fsp3) is 0.667. The molecule has 0 bridgehead atoms. The van der Waals surface area contributed by atoms with Crippen molar-refractivity contribution in [3.05, 3.63) is 23.8 Å². The molecule has 0 spiro atoms. The highest BCUT2D eigenvalue weighted by Crippen LogP contribution is 2.51. The third-order valence-electron chi connectivity index (χ3n) is 4.78. The Bertz CT molecular complexity index is 364. The molecule has 0 heterocycles. The zero-order valence-corrected chi connectivity index (χ0v) is 10.7. The maximum Gasteiger partial charge on any atom is 0.159 e. The van der Waals surface area contributed by atoms with E-state index in [-0.39, 0.29) is 5.41 Å². The van der Waals surface area contributed by atoms with E-state index in [0.29, 0.717) is 17.6 Å². The van der Waals surface area contributed by atoms with Crippen LogP contribution in [-0.2, 0) is 4.79 Å². The number of allylic oxidation sites excluding steroid dienone is 3. The highest BCUT2D eigenvalue weighted by Gasteiger charge is 2.44. The molecular formula is C15H22O. The van der Waals surface area contributed by atoms with Gasteiger partial charge in [-0.2, -0.15) is 0 Å². The summed E-state index contributed by atoms with van der Waals surface area (Å²) < 4.78 is 0. The molecule has 0 aromatic carbocycles. The first-order valence-electron chi connectivity index (χ1n) is 6.34. The molecule has 0 aromatic rings. The number of rotatable bonds is 1. The van der Waals surface area contributed by atoms with E-state index in [2.05, 4.69) is 33.4 Å². The van der Waals surface area contributed by atoms with E-state index in [9.17, 15) is 4.79 Å². The minimum Gasteiger partial charge on any atom is -0.295 e. The highest BCUT2D eigenvalue weighted by molar-refractivity contribution is 5.97. The second kappa shape index (κ2) is 3.87. The molecular weight excluding hydrogens is 196 g/mol. The molecule has 0 aromatic heterocycles. The fourth-order valence-corrected chi connectivity index (χ4v) is 3.27. The Morgan fingerprint density at radius 2 is 2.25 bits per heavy atom. The van der Waals surface area contributed by atoms with Crippen LogP contribution >= 0.6 is 0 Å². The molecule has 2 aliphatic rings. The van der Waals surface area contributed by atoms with Crippen molar-refractivity contribution in [1.29, 1.82) is 0 Å². The third-order valence-corrected chi connectivity index (χ3v) is 4.78. The largest absolute Gasteiger partial charge is 0.295 e. The van der Waals surface area contributed by atoms with Crippen molar-refractivity contribution < 1.29 is 4.79 Å². The quantitative estimate of drug-likeness (QED) is 0.610. The highest BCUT2D eigenvalue weighted by atomic mass is 16.1. The lowest BCUT2D eigenvalue weighted by molar-refractivity contribution is -0.119. The lowest BCUT2D eigenvalue weighted by Crippen LogP contribution is -2.40. The van der Waals surface area contributed by atoms with E-state index in [4.69, 9.17) is 0 Å². The molecule has 0 radical (unpaired) electrons. The number of carbonyl (C=O) groups is 1. The van der Waals surface area contributed by atoms with E-state index in [0.717, 1.165) is 31.3 Å². The first-order chi connectivity index (χ1) is 7.45. The van der Waals surface area contributed by atoms with Crippen LogP contribution in [0.25, 0.3) is 0 Å². The molecule has 0 saturated heterocycles. The Balaban J connectivity index is 2.35. The van der Waals surface area contributed by atoms with Crippen LogP contribution in [0.15, 0.2) is 23.8 Å². The van der Waals surface area contributed by atoms with Crippen molar-refractivity contribution in [3.63, 3.8) is 0 Å². The van der Waals surface area contributed by atoms with Gasteiger partial charge in [0.1, 0.15) is 0 Å². The van der Waals surface area contributed by atoms with Gasteiger partial charge in [-0.3, -0.25) is 4.79 Å². The van der Waals surface area contributed by atoms with E-state index in [1.165, 1.54) is 5.57 Å². The normalized spacial score (nSPS) is 38.9. The van der Waals surface area contributed by atoms with E-state index in [1.807, 2.05) is 0 Å². The Morgan fingerprint density at radius 3 is 2.88 bits per heavy atom. The summed E-state index contributed by atoms with van der Waals surface area (Å²) in [6, 6.07) is 0. The van der Waals surface area contributed by atoms with Crippen LogP contribution in [0.4, 0.5) is 0 Å². The average molecular weight is 218 g/mol. The summed E-state index contributed by atoms with van der Waals surface area (Å²) in [5.74, 6) is 1.58. The molecule has 1 nitrogen and oxygen atoms in total. The minimum atomic E-state index is 0.108. The molecule has 0 N–H and O–H groups in total. The van der Waals surface area contributed by atoms with Gasteiger partial charge >= 0.3 is 0 Å². The van der Waals surface area contributed by atoms with Crippen molar-refractivity contribution in [3.8, 4) is 0 Å². The summed E-state index contributed by atoms with van der Waals surface area (Å²) in [6.45, 7) is 10.8. The standard InChI is InChI=1S/C15H22O/c1-10(2)12-6-7-13-14(16)8-5-11(3)15(13,4)9-12/h7,11-12H,1,5-6,8-9H2,2-4H3/t11-,12+,15+/m0/s1. The van der Waals surface area contributed by atoms with Crippen LogP contribution in [0.2, 0.25) is 0 Å². The Morgan fingerprint density at radius 1 is 1.56 bits per heavy atom. The minimum absolute atomic E-state index is 0.108. The number of Topliss-reactive ketones (excluding diaryl/α,β-unsaturated/α-hetero) is 1. The predicted octanol–water partition coefficient (Wildman–Crippen LogP) is 3.90. The monoisotopic (exact) mass is 218 g/mol. The van der Waals surface area contributed by atoms with Crippen LogP contribution in [0.1, 0.15) is 46.5 Å². The first kappa shape index (κ1) is 11.6. The number of fused-ring (bicyclic) bond motifs is 1. The Labute approximate surface area is 98.6 Å². The number of carbonyl (C=O) groups excluding carboxylic acids is 1. The Kier molecular flexibility index (Phi) is 2.81. The van der Waals surface area contributed by atoms with Crippen LogP contribution in [0.5, 0.6) is 0 Å². The zero-order chi connectivity index (χ0) is 11.9. The molecule has 0 unspecified atom stereocenters. The zero-order valence-electron chi connectivity index (χ0n) is 10.7. The van der Waals surface area contributed by atoms with E-state index in [1.54, 1.807) is 0 Å². The van der Waals surface area contributed by atoms with Gasteiger partial charge < -0.3 is 0 Å². The molecule has 0 amide bonds. The molecule has 88 valence electrons. The smallest absolute Gasteiger partial charge is 0.159 e. The molecule has 2 rings (SSSR count). The van der Waals surface area contributed by atoms with Gasteiger partial charge in [0.15, 0.2) is 5.78 Å². The number of ketones is 1. The van der Waals surface area contributed by atoms with Crippen LogP contribution in [0, 0.1) is 17.3 Å². The van der Waals surface area contributed by atoms with E-state index >= 15 is 0 Å². The summed E-state index contributed by atoms with van der Waals surface area (Å²) in [6.07, 6.45) is 6.12. The molecule has 1 fully saturated rings. The fourth-order valence-electron chi connectivity index (χ4n) is 3.27. The second-order valence-electron chi connectivity index (χ2n) is 5.88. The van der Waals surface area contributed by atoms with Gasteiger partial charge in [0.05, 0.1) is 0 Å². The summed E-state index contributed by atoms with van der Waals surface area (Å²) in [7, 11) is 0. The molecule has 2 aliphatic carbocycles. The van der Waals surface area contributed by atoms with Crippen molar-refractivity contribution in [2.75, 3.05) is 0 Å². The maximum absolute atomic E-state index is 12.0. The molecule has 16 heavy (non-hydrogen) atoms.